The van der Waals surface area contributed by atoms with Crippen LogP contribution in [0.1, 0.15) is 41.4 Å². The molecule has 0 atom stereocenters. The predicted octanol–water partition coefficient (Wildman–Crippen LogP) is 2.07. The molecule has 2 amide bonds. The molecule has 0 saturated carbocycles. The molecule has 0 spiro atoms. The monoisotopic (exact) mass is 386 g/mol. The summed E-state index contributed by atoms with van der Waals surface area (Å²) in [5.41, 5.74) is 0.207. The largest absolute Gasteiger partial charge is 0.545 e. The van der Waals surface area contributed by atoms with Crippen molar-refractivity contribution in [1.29, 1.82) is 0 Å². The molecule has 29 heavy (non-hydrogen) atoms. The van der Waals surface area contributed by atoms with E-state index in [-0.39, 0.29) is 27.9 Å². The maximum atomic E-state index is 12.8. The number of esters is 1. The fourth-order valence-corrected chi connectivity index (χ4v) is 3.03. The van der Waals surface area contributed by atoms with Crippen molar-refractivity contribution in [3.05, 3.63) is 95.1 Å². The van der Waals surface area contributed by atoms with Gasteiger partial charge in [-0.3, -0.25) is 9.59 Å². The molecule has 142 valence electrons. The Bertz CT molecular complexity index is 1170. The number of amides is 2. The molecule has 1 aliphatic rings. The Morgan fingerprint density at radius 3 is 2.21 bits per heavy atom. The van der Waals surface area contributed by atoms with E-state index in [1.165, 1.54) is 42.5 Å². The summed E-state index contributed by atoms with van der Waals surface area (Å²) in [5.74, 6) is -3.01. The Morgan fingerprint density at radius 2 is 1.48 bits per heavy atom. The summed E-state index contributed by atoms with van der Waals surface area (Å²) in [5, 5.41) is 11.1. The molecule has 1 heterocycles. The van der Waals surface area contributed by atoms with Crippen LogP contribution < -0.4 is 14.7 Å². The number of carboxylic acid groups (broad SMARTS) is 1. The van der Waals surface area contributed by atoms with E-state index < -0.39 is 23.8 Å². The van der Waals surface area contributed by atoms with Crippen molar-refractivity contribution in [2.45, 2.75) is 0 Å². The smallest absolute Gasteiger partial charge is 0.343 e. The van der Waals surface area contributed by atoms with Gasteiger partial charge in [-0.05, 0) is 48.0 Å². The van der Waals surface area contributed by atoms with Crippen LogP contribution in [0.25, 0.3) is 0 Å². The number of aromatic carboxylic acids is 1. The molecule has 0 saturated heterocycles. The minimum absolute atomic E-state index is 0.0383. The van der Waals surface area contributed by atoms with Crippen molar-refractivity contribution < 1.29 is 29.0 Å². The van der Waals surface area contributed by atoms with E-state index in [4.69, 9.17) is 4.74 Å². The predicted molar refractivity (Wildman–Crippen MR) is 99.8 cm³/mol. The summed E-state index contributed by atoms with van der Waals surface area (Å²) in [7, 11) is 0. The Hall–Kier alpha value is -4.26. The average molecular weight is 386 g/mol. The van der Waals surface area contributed by atoms with E-state index in [2.05, 4.69) is 0 Å². The van der Waals surface area contributed by atoms with Crippen LogP contribution in [-0.2, 0) is 0 Å². The fraction of sp³-hybridized carbons (Fsp3) is 0. The number of nitrogens with zero attached hydrogens (tertiary/aromatic N) is 1. The van der Waals surface area contributed by atoms with Crippen LogP contribution in [0.3, 0.4) is 0 Å². The first kappa shape index (κ1) is 18.1. The second-order valence-corrected chi connectivity index (χ2v) is 6.25. The van der Waals surface area contributed by atoms with Gasteiger partial charge in [0.05, 0.1) is 28.3 Å². The van der Waals surface area contributed by atoms with Crippen LogP contribution in [-0.4, -0.2) is 23.8 Å². The van der Waals surface area contributed by atoms with Crippen molar-refractivity contribution >= 4 is 29.4 Å². The second kappa shape index (κ2) is 7.05. The highest BCUT2D eigenvalue weighted by Crippen LogP contribution is 2.30. The van der Waals surface area contributed by atoms with E-state index in [0.29, 0.717) is 5.75 Å². The number of hydrogen-bond acceptors (Lipinski definition) is 6. The average Bonchev–Trinajstić information content (AvgIpc) is 2.98. The van der Waals surface area contributed by atoms with Crippen LogP contribution >= 0.6 is 0 Å². The lowest BCUT2D eigenvalue weighted by atomic mass is 10.1. The second-order valence-electron chi connectivity index (χ2n) is 6.25. The minimum Gasteiger partial charge on any atom is -0.545 e. The quantitative estimate of drug-likeness (QED) is 0.386. The van der Waals surface area contributed by atoms with Crippen molar-refractivity contribution in [1.82, 2.24) is 0 Å². The van der Waals surface area contributed by atoms with Crippen LogP contribution in [0, 0.1) is 0 Å². The van der Waals surface area contributed by atoms with Crippen molar-refractivity contribution in [3.8, 4) is 5.75 Å². The van der Waals surface area contributed by atoms with Crippen molar-refractivity contribution in [3.63, 3.8) is 0 Å². The number of rotatable bonds is 4. The van der Waals surface area contributed by atoms with Gasteiger partial charge in [-0.15, -0.1) is 0 Å². The van der Waals surface area contributed by atoms with E-state index in [1.807, 2.05) is 0 Å². The number of carbonyl (C=O) groups is 4. The van der Waals surface area contributed by atoms with Gasteiger partial charge in [-0.25, -0.2) is 9.69 Å². The lowest BCUT2D eigenvalue weighted by Crippen LogP contribution is -2.30. The van der Waals surface area contributed by atoms with Gasteiger partial charge >= 0.3 is 5.97 Å². The lowest BCUT2D eigenvalue weighted by Gasteiger charge is -2.15. The first-order chi connectivity index (χ1) is 14.0. The number of fused-ring (bicyclic) bond motifs is 1. The Morgan fingerprint density at radius 1 is 0.759 bits per heavy atom. The van der Waals surface area contributed by atoms with E-state index in [0.717, 1.165) is 4.90 Å². The molecule has 3 aromatic carbocycles. The molecular formula is C22H12NO6-. The molecule has 0 bridgehead atoms. The third kappa shape index (κ3) is 3.25. The third-order valence-electron chi connectivity index (χ3n) is 4.42. The number of hydrogen-bond donors (Lipinski definition) is 0. The molecule has 7 nitrogen and oxygen atoms in total. The molecule has 0 unspecified atom stereocenters. The maximum Gasteiger partial charge on any atom is 0.343 e. The van der Waals surface area contributed by atoms with Gasteiger partial charge < -0.3 is 14.6 Å². The molecule has 0 radical (unpaired) electrons. The molecule has 0 aliphatic carbocycles. The molecule has 7 heteroatoms. The van der Waals surface area contributed by atoms with Gasteiger partial charge in [0.1, 0.15) is 5.75 Å². The molecule has 0 aromatic heterocycles. The van der Waals surface area contributed by atoms with Gasteiger partial charge in [-0.1, -0.05) is 30.3 Å². The SMILES string of the molecule is O=C([O-])c1cccc(N2C(=O)c3ccc(C(=O)Oc4ccccc4)cc3C2=O)c1. The topological polar surface area (TPSA) is 104 Å². The highest BCUT2D eigenvalue weighted by atomic mass is 16.5. The van der Waals surface area contributed by atoms with Gasteiger partial charge in [0, 0.05) is 0 Å². The zero-order chi connectivity index (χ0) is 20.5. The van der Waals surface area contributed by atoms with E-state index >= 15 is 0 Å². The standard InChI is InChI=1S/C22H13NO6/c24-19-17-10-9-14(22(28)29-16-7-2-1-3-8-16)12-18(17)20(25)23(19)15-6-4-5-13(11-15)21(26)27/h1-12H,(H,26,27)/p-1. The number of imide groups is 1. The summed E-state index contributed by atoms with van der Waals surface area (Å²) < 4.78 is 5.25. The number of anilines is 1. The summed E-state index contributed by atoms with van der Waals surface area (Å²) in [6, 6.07) is 17.8. The van der Waals surface area contributed by atoms with Crippen LogP contribution in [0.2, 0.25) is 0 Å². The molecule has 3 aromatic rings. The van der Waals surface area contributed by atoms with Gasteiger partial charge in [0.25, 0.3) is 11.8 Å². The Kier molecular flexibility index (Phi) is 4.40. The van der Waals surface area contributed by atoms with Gasteiger partial charge in [-0.2, -0.15) is 0 Å². The lowest BCUT2D eigenvalue weighted by molar-refractivity contribution is -0.255. The summed E-state index contributed by atoms with van der Waals surface area (Å²) in [6.07, 6.45) is 0. The van der Waals surface area contributed by atoms with Gasteiger partial charge in [0.2, 0.25) is 0 Å². The molecule has 0 N–H and O–H groups in total. The summed E-state index contributed by atoms with van der Waals surface area (Å²) in [4.78, 5) is 49.8. The number of benzene rings is 3. The fourth-order valence-electron chi connectivity index (χ4n) is 3.03. The first-order valence-corrected chi connectivity index (χ1v) is 8.57. The molecule has 0 fully saturated rings. The highest BCUT2D eigenvalue weighted by Gasteiger charge is 2.37. The normalized spacial score (nSPS) is 12.6. The van der Waals surface area contributed by atoms with Crippen LogP contribution in [0.15, 0.2) is 72.8 Å². The van der Waals surface area contributed by atoms with Crippen LogP contribution in [0.4, 0.5) is 5.69 Å². The number of ether oxygens (including phenoxy) is 1. The maximum absolute atomic E-state index is 12.8. The first-order valence-electron chi connectivity index (χ1n) is 8.57. The van der Waals surface area contributed by atoms with Crippen molar-refractivity contribution in [2.24, 2.45) is 0 Å². The molecular weight excluding hydrogens is 374 g/mol. The number of carboxylic acids is 1. The Labute approximate surface area is 164 Å². The van der Waals surface area contributed by atoms with Gasteiger partial charge in [0.15, 0.2) is 0 Å². The number of para-hydroxylation sites is 1. The highest BCUT2D eigenvalue weighted by molar-refractivity contribution is 6.34. The minimum atomic E-state index is -1.42. The molecule has 1 aliphatic heterocycles. The number of carbonyl (C=O) groups excluding carboxylic acids is 4. The Balaban J connectivity index is 1.65. The summed E-state index contributed by atoms with van der Waals surface area (Å²) in [6.45, 7) is 0. The zero-order valence-electron chi connectivity index (χ0n) is 14.8. The summed E-state index contributed by atoms with van der Waals surface area (Å²) >= 11 is 0. The molecule has 4 rings (SSSR count). The van der Waals surface area contributed by atoms with Crippen LogP contribution in [0.5, 0.6) is 5.75 Å². The zero-order valence-corrected chi connectivity index (χ0v) is 14.8. The van der Waals surface area contributed by atoms with Crippen molar-refractivity contribution in [2.75, 3.05) is 4.90 Å². The van der Waals surface area contributed by atoms with E-state index in [1.54, 1.807) is 30.3 Å². The van der Waals surface area contributed by atoms with E-state index in [9.17, 15) is 24.3 Å². The third-order valence-corrected chi connectivity index (χ3v) is 4.42.